The van der Waals surface area contributed by atoms with Gasteiger partial charge in [-0.15, -0.1) is 0 Å². The lowest BCUT2D eigenvalue weighted by Gasteiger charge is -2.12. The molecule has 26 heavy (non-hydrogen) atoms. The Hall–Kier alpha value is -2.62. The van der Waals surface area contributed by atoms with Gasteiger partial charge in [-0.1, -0.05) is 38.8 Å². The van der Waals surface area contributed by atoms with Crippen molar-refractivity contribution in [3.63, 3.8) is 0 Å². The van der Waals surface area contributed by atoms with Crippen molar-refractivity contribution in [3.05, 3.63) is 65.2 Å². The third-order valence-electron chi connectivity index (χ3n) is 4.03. The summed E-state index contributed by atoms with van der Waals surface area (Å²) in [6.45, 7) is 6.04. The second-order valence-electron chi connectivity index (χ2n) is 6.37. The van der Waals surface area contributed by atoms with Crippen LogP contribution < -0.4 is 4.74 Å². The van der Waals surface area contributed by atoms with Crippen LogP contribution in [-0.2, 0) is 11.2 Å². The highest BCUT2D eigenvalue weighted by Crippen LogP contribution is 2.16. The largest absolute Gasteiger partial charge is 0.459 e. The third-order valence-corrected chi connectivity index (χ3v) is 4.03. The van der Waals surface area contributed by atoms with Gasteiger partial charge in [0.05, 0.1) is 17.2 Å². The van der Waals surface area contributed by atoms with Crippen molar-refractivity contribution in [2.24, 2.45) is 0 Å². The van der Waals surface area contributed by atoms with Gasteiger partial charge in [-0.25, -0.2) is 9.59 Å². The molecule has 0 N–H and O–H groups in total. The van der Waals surface area contributed by atoms with E-state index < -0.39 is 5.97 Å². The minimum Gasteiger partial charge on any atom is -0.459 e. The van der Waals surface area contributed by atoms with Crippen molar-refractivity contribution < 1.29 is 19.1 Å². The second-order valence-corrected chi connectivity index (χ2v) is 6.37. The molecule has 0 bridgehead atoms. The van der Waals surface area contributed by atoms with Crippen molar-refractivity contribution in [1.82, 2.24) is 0 Å². The van der Waals surface area contributed by atoms with Gasteiger partial charge >= 0.3 is 11.9 Å². The summed E-state index contributed by atoms with van der Waals surface area (Å²) < 4.78 is 10.7. The Morgan fingerprint density at radius 2 is 1.42 bits per heavy atom. The molecule has 0 radical (unpaired) electrons. The lowest BCUT2D eigenvalue weighted by atomic mass is 10.1. The third kappa shape index (κ3) is 5.73. The monoisotopic (exact) mass is 354 g/mol. The normalized spacial score (nSPS) is 11.7. The molecule has 138 valence electrons. The number of carbonyl (C=O) groups excluding carboxylic acids is 2. The first-order valence-electron chi connectivity index (χ1n) is 9.15. The number of benzene rings is 2. The van der Waals surface area contributed by atoms with E-state index in [2.05, 4.69) is 6.92 Å². The Labute approximate surface area is 155 Å². The van der Waals surface area contributed by atoms with E-state index in [0.717, 1.165) is 25.7 Å². The summed E-state index contributed by atoms with van der Waals surface area (Å²) in [5.41, 5.74) is 2.14. The number of hydrogen-bond donors (Lipinski definition) is 0. The molecule has 1 unspecified atom stereocenters. The standard InChI is InChI=1S/C22H26O4/c1-4-6-16(3)25-21(23)19-12-14-20(15-13-19)26-22(24)18-10-8-17(7-5-2)9-11-18/h8-16H,4-7H2,1-3H3. The van der Waals surface area contributed by atoms with E-state index in [0.29, 0.717) is 16.9 Å². The first-order valence-corrected chi connectivity index (χ1v) is 9.15. The van der Waals surface area contributed by atoms with E-state index >= 15 is 0 Å². The Bertz CT molecular complexity index is 717. The van der Waals surface area contributed by atoms with Gasteiger partial charge in [0, 0.05) is 0 Å². The van der Waals surface area contributed by atoms with Crippen LogP contribution in [0.2, 0.25) is 0 Å². The highest BCUT2D eigenvalue weighted by Gasteiger charge is 2.13. The molecule has 2 rings (SSSR count). The number of hydrogen-bond acceptors (Lipinski definition) is 4. The van der Waals surface area contributed by atoms with Gasteiger partial charge in [0.15, 0.2) is 0 Å². The average Bonchev–Trinajstić information content (AvgIpc) is 2.63. The Kier molecular flexibility index (Phi) is 7.39. The van der Waals surface area contributed by atoms with Crippen LogP contribution in [0.5, 0.6) is 5.75 Å². The first-order chi connectivity index (χ1) is 12.5. The Morgan fingerprint density at radius 1 is 0.846 bits per heavy atom. The predicted molar refractivity (Wildman–Crippen MR) is 102 cm³/mol. The summed E-state index contributed by atoms with van der Waals surface area (Å²) in [6.07, 6.45) is 3.74. The van der Waals surface area contributed by atoms with E-state index in [1.54, 1.807) is 36.4 Å². The molecule has 0 aliphatic carbocycles. The first kappa shape index (κ1) is 19.7. The minimum absolute atomic E-state index is 0.110. The summed E-state index contributed by atoms with van der Waals surface area (Å²) in [7, 11) is 0. The number of aryl methyl sites for hydroxylation is 1. The highest BCUT2D eigenvalue weighted by atomic mass is 16.5. The van der Waals surface area contributed by atoms with Gasteiger partial charge in [-0.05, 0) is 61.7 Å². The van der Waals surface area contributed by atoms with E-state index in [1.807, 2.05) is 26.0 Å². The number of esters is 2. The predicted octanol–water partition coefficient (Wildman–Crippen LogP) is 5.20. The van der Waals surface area contributed by atoms with Gasteiger partial charge in [-0.3, -0.25) is 0 Å². The van der Waals surface area contributed by atoms with Crippen LogP contribution in [0.1, 0.15) is 66.3 Å². The van der Waals surface area contributed by atoms with Crippen molar-refractivity contribution in [2.75, 3.05) is 0 Å². The smallest absolute Gasteiger partial charge is 0.343 e. The fraction of sp³-hybridized carbons (Fsp3) is 0.364. The zero-order valence-electron chi connectivity index (χ0n) is 15.7. The molecular formula is C22H26O4. The van der Waals surface area contributed by atoms with Gasteiger partial charge in [0.25, 0.3) is 0 Å². The summed E-state index contributed by atoms with van der Waals surface area (Å²) in [4.78, 5) is 24.2. The van der Waals surface area contributed by atoms with E-state index in [1.165, 1.54) is 5.56 Å². The Balaban J connectivity index is 1.95. The van der Waals surface area contributed by atoms with Crippen LogP contribution in [0, 0.1) is 0 Å². The molecule has 0 aliphatic rings. The molecule has 0 amide bonds. The second kappa shape index (κ2) is 9.76. The van der Waals surface area contributed by atoms with E-state index in [4.69, 9.17) is 9.47 Å². The van der Waals surface area contributed by atoms with Crippen molar-refractivity contribution in [3.8, 4) is 5.75 Å². The maximum atomic E-state index is 12.2. The summed E-state index contributed by atoms with van der Waals surface area (Å²) in [6, 6.07) is 13.8. The van der Waals surface area contributed by atoms with Crippen LogP contribution in [0.15, 0.2) is 48.5 Å². The lowest BCUT2D eigenvalue weighted by Crippen LogP contribution is -2.14. The molecule has 2 aromatic rings. The molecule has 0 fully saturated rings. The quantitative estimate of drug-likeness (QED) is 0.483. The van der Waals surface area contributed by atoms with Gasteiger partial charge < -0.3 is 9.47 Å². The van der Waals surface area contributed by atoms with E-state index in [9.17, 15) is 9.59 Å². The SMILES string of the molecule is CCCc1ccc(C(=O)Oc2ccc(C(=O)OC(C)CCC)cc2)cc1. The van der Waals surface area contributed by atoms with Crippen molar-refractivity contribution in [2.45, 2.75) is 52.6 Å². The van der Waals surface area contributed by atoms with Crippen molar-refractivity contribution >= 4 is 11.9 Å². The lowest BCUT2D eigenvalue weighted by molar-refractivity contribution is 0.0323. The van der Waals surface area contributed by atoms with Crippen LogP contribution in [-0.4, -0.2) is 18.0 Å². The van der Waals surface area contributed by atoms with Gasteiger partial charge in [0.1, 0.15) is 5.75 Å². The number of ether oxygens (including phenoxy) is 2. The van der Waals surface area contributed by atoms with Crippen molar-refractivity contribution in [1.29, 1.82) is 0 Å². The van der Waals surface area contributed by atoms with Crippen LogP contribution in [0.3, 0.4) is 0 Å². The molecule has 0 saturated carbocycles. The Morgan fingerprint density at radius 3 is 2.00 bits per heavy atom. The van der Waals surface area contributed by atoms with Gasteiger partial charge in [0.2, 0.25) is 0 Å². The fourth-order valence-corrected chi connectivity index (χ4v) is 2.64. The molecule has 0 saturated heterocycles. The highest BCUT2D eigenvalue weighted by molar-refractivity contribution is 5.92. The molecule has 4 heteroatoms. The minimum atomic E-state index is -0.417. The molecule has 0 aromatic heterocycles. The molecule has 1 atom stereocenters. The van der Waals surface area contributed by atoms with E-state index in [-0.39, 0.29) is 12.1 Å². The topological polar surface area (TPSA) is 52.6 Å². The van der Waals surface area contributed by atoms with Crippen LogP contribution >= 0.6 is 0 Å². The number of carbonyl (C=O) groups is 2. The summed E-state index contributed by atoms with van der Waals surface area (Å²) in [5, 5.41) is 0. The molecule has 2 aromatic carbocycles. The molecule has 0 spiro atoms. The molecule has 0 aliphatic heterocycles. The molecule has 0 heterocycles. The zero-order valence-corrected chi connectivity index (χ0v) is 15.7. The summed E-state index contributed by atoms with van der Waals surface area (Å²) >= 11 is 0. The number of rotatable bonds is 8. The average molecular weight is 354 g/mol. The van der Waals surface area contributed by atoms with Crippen LogP contribution in [0.25, 0.3) is 0 Å². The molecule has 4 nitrogen and oxygen atoms in total. The van der Waals surface area contributed by atoms with Crippen LogP contribution in [0.4, 0.5) is 0 Å². The fourth-order valence-electron chi connectivity index (χ4n) is 2.64. The molecular weight excluding hydrogens is 328 g/mol. The summed E-state index contributed by atoms with van der Waals surface area (Å²) in [5.74, 6) is -0.388. The zero-order chi connectivity index (χ0) is 18.9. The maximum Gasteiger partial charge on any atom is 0.343 e. The maximum absolute atomic E-state index is 12.2. The van der Waals surface area contributed by atoms with Gasteiger partial charge in [-0.2, -0.15) is 0 Å².